The fraction of sp³-hybridized carbons (Fsp3) is 0.460. The molecule has 1 aromatic heterocycles. The van der Waals surface area contributed by atoms with E-state index >= 15 is 0 Å². The zero-order valence-electron chi connectivity index (χ0n) is 41.1. The summed E-state index contributed by atoms with van der Waals surface area (Å²) in [5.41, 5.74) is -1.26. The standard InChI is InChI=1S/C50H68N10O12/c1-50(2,3)72-49(68)56-29-31-69-30-28-55-44(63)39-32-57-45(64)40-20-18-37(47(66)59(40)70-33-35-14-6-4-7-15-35)42(61)53-26-12-24-51-22-10-11-23-52-25-13-27-54-43(62)38-19-21-41(46(65)58-39)60(48(38)67)71-34-36-16-8-5-9-17-36/h4-9,14-21,39,47,51-52,66H,10-13,22-34H2,1-3H3,(H,53,61)(H,54,62)(H,55,63)(H,56,68)(H,57,64)(H,58,65). The van der Waals surface area contributed by atoms with Gasteiger partial charge in [-0.25, -0.2) is 9.86 Å². The number of hydroxylamine groups is 2. The van der Waals surface area contributed by atoms with E-state index < -0.39 is 65.6 Å². The number of rotatable bonds is 13. The van der Waals surface area contributed by atoms with Crippen molar-refractivity contribution in [2.75, 3.05) is 72.1 Å². The van der Waals surface area contributed by atoms with Gasteiger partial charge in [0.05, 0.1) is 18.8 Å². The number of aliphatic hydroxyl groups is 1. The SMILES string of the molecule is CC(C)(C)OC(=O)NCCOCCNC(=O)C1CNC(=O)C2=CC=C(C(=O)NCCCNCCCCNCCCNC(=O)c3ccc(n(OCc4ccccc4)c3=O)C(=O)N1)C(O)N2OCc1ccccc1. The molecule has 22 heteroatoms. The predicted octanol–water partition coefficient (Wildman–Crippen LogP) is 0.525. The second-order valence-electron chi connectivity index (χ2n) is 17.6. The van der Waals surface area contributed by atoms with Gasteiger partial charge in [0.1, 0.15) is 41.8 Å². The summed E-state index contributed by atoms with van der Waals surface area (Å²) in [6.45, 7) is 7.84. The highest BCUT2D eigenvalue weighted by Crippen LogP contribution is 2.23. The molecule has 0 fully saturated rings. The molecule has 390 valence electrons. The van der Waals surface area contributed by atoms with E-state index in [1.807, 2.05) is 6.07 Å². The number of carbonyl (C=O) groups excluding carboxylic acids is 6. The van der Waals surface area contributed by atoms with Crippen LogP contribution in [0.15, 0.2) is 101 Å². The minimum Gasteiger partial charge on any atom is -0.444 e. The van der Waals surface area contributed by atoms with Gasteiger partial charge in [-0.1, -0.05) is 60.7 Å². The maximum atomic E-state index is 14.3. The number of fused-ring (bicyclic) bond motifs is 2. The summed E-state index contributed by atoms with van der Waals surface area (Å²) in [6.07, 6.45) is 3.24. The number of carbonyl (C=O) groups is 6. The van der Waals surface area contributed by atoms with Crippen LogP contribution in [-0.2, 0) is 41.9 Å². The Hall–Kier alpha value is -7.11. The maximum Gasteiger partial charge on any atom is 0.407 e. The molecule has 4 aliphatic heterocycles. The van der Waals surface area contributed by atoms with Crippen molar-refractivity contribution >= 4 is 35.6 Å². The summed E-state index contributed by atoms with van der Waals surface area (Å²) in [5.74, 6) is -3.86. The highest BCUT2D eigenvalue weighted by molar-refractivity contribution is 6.00. The van der Waals surface area contributed by atoms with Crippen LogP contribution in [-0.4, -0.2) is 141 Å². The zero-order valence-corrected chi connectivity index (χ0v) is 41.1. The molecule has 0 saturated heterocycles. The van der Waals surface area contributed by atoms with E-state index in [1.165, 1.54) is 24.3 Å². The first-order valence-electron chi connectivity index (χ1n) is 24.1. The second kappa shape index (κ2) is 29.3. The summed E-state index contributed by atoms with van der Waals surface area (Å²) in [5, 5.41) is 35.2. The number of hydrogen-bond donors (Lipinski definition) is 9. The number of alkyl carbamates (subject to hydrolysis) is 1. The molecule has 6 amide bonds. The van der Waals surface area contributed by atoms with E-state index in [0.29, 0.717) is 48.3 Å². The normalized spacial score (nSPS) is 18.3. The number of hydrogen-bond acceptors (Lipinski definition) is 15. The smallest absolute Gasteiger partial charge is 0.407 e. The number of benzene rings is 2. The first-order chi connectivity index (χ1) is 34.7. The molecule has 9 N–H and O–H groups in total. The molecule has 2 unspecified atom stereocenters. The van der Waals surface area contributed by atoms with Crippen molar-refractivity contribution in [2.24, 2.45) is 0 Å². The van der Waals surface area contributed by atoms with Gasteiger partial charge < -0.3 is 62.0 Å². The molecule has 0 saturated carbocycles. The number of aliphatic hydroxyl groups excluding tert-OH is 1. The third-order valence-corrected chi connectivity index (χ3v) is 10.7. The Morgan fingerprint density at radius 2 is 1.25 bits per heavy atom. The first kappa shape index (κ1) is 55.8. The summed E-state index contributed by atoms with van der Waals surface area (Å²) in [7, 11) is 0. The van der Waals surface area contributed by atoms with Gasteiger partial charge in [-0.15, -0.1) is 4.73 Å². The molecule has 0 spiro atoms. The van der Waals surface area contributed by atoms with E-state index in [4.69, 9.17) is 19.1 Å². The number of pyridine rings is 1. The van der Waals surface area contributed by atoms with Gasteiger partial charge in [-0.2, -0.15) is 0 Å². The summed E-state index contributed by atoms with van der Waals surface area (Å²) < 4.78 is 11.5. The van der Waals surface area contributed by atoms with Crippen molar-refractivity contribution in [3.05, 3.63) is 129 Å². The second-order valence-corrected chi connectivity index (χ2v) is 17.6. The Balaban J connectivity index is 1.40. The summed E-state index contributed by atoms with van der Waals surface area (Å²) >= 11 is 0. The van der Waals surface area contributed by atoms with E-state index in [1.54, 1.807) is 75.4 Å². The lowest BCUT2D eigenvalue weighted by Gasteiger charge is -2.33. The molecular weight excluding hydrogens is 933 g/mol. The number of aromatic nitrogens is 1. The monoisotopic (exact) mass is 1000 g/mol. The molecule has 0 aliphatic carbocycles. The Labute approximate surface area is 418 Å². The molecule has 72 heavy (non-hydrogen) atoms. The highest BCUT2D eigenvalue weighted by atomic mass is 16.7. The number of nitrogens with one attached hydrogen (secondary N) is 8. The third-order valence-electron chi connectivity index (χ3n) is 10.7. The minimum atomic E-state index is -1.73. The van der Waals surface area contributed by atoms with E-state index in [2.05, 4.69) is 42.5 Å². The van der Waals surface area contributed by atoms with Crippen LogP contribution in [0.1, 0.15) is 78.4 Å². The fourth-order valence-electron chi connectivity index (χ4n) is 7.03. The Morgan fingerprint density at radius 3 is 1.88 bits per heavy atom. The van der Waals surface area contributed by atoms with Crippen LogP contribution in [0.3, 0.4) is 0 Å². The number of ether oxygens (including phenoxy) is 2. The van der Waals surface area contributed by atoms with Crippen molar-refractivity contribution in [2.45, 2.75) is 77.5 Å². The Kier molecular flexibility index (Phi) is 22.7. The van der Waals surface area contributed by atoms with Crippen LogP contribution in [0.25, 0.3) is 0 Å². The lowest BCUT2D eigenvalue weighted by Crippen LogP contribution is -2.55. The molecule has 22 nitrogen and oxygen atoms in total. The van der Waals surface area contributed by atoms with Crippen molar-refractivity contribution in [1.29, 1.82) is 0 Å². The average Bonchev–Trinajstić information content (AvgIpc) is 3.35. The van der Waals surface area contributed by atoms with Gasteiger partial charge in [0.2, 0.25) is 5.91 Å². The van der Waals surface area contributed by atoms with Crippen LogP contribution in [0, 0.1) is 0 Å². The summed E-state index contributed by atoms with van der Waals surface area (Å²) in [6, 6.07) is 18.6. The van der Waals surface area contributed by atoms with Crippen LogP contribution in [0.4, 0.5) is 4.79 Å². The van der Waals surface area contributed by atoms with Crippen molar-refractivity contribution < 1.29 is 53.0 Å². The lowest BCUT2D eigenvalue weighted by molar-refractivity contribution is -0.214. The topological polar surface area (TPSA) is 281 Å². The fourth-order valence-corrected chi connectivity index (χ4v) is 7.03. The third kappa shape index (κ3) is 18.6. The number of amides is 6. The minimum absolute atomic E-state index is 0.0146. The van der Waals surface area contributed by atoms with E-state index in [-0.39, 0.29) is 68.6 Å². The first-order valence-corrected chi connectivity index (χ1v) is 24.1. The van der Waals surface area contributed by atoms with E-state index in [9.17, 15) is 38.7 Å². The Bertz CT molecular complexity index is 2390. The quantitative estimate of drug-likeness (QED) is 0.106. The predicted molar refractivity (Wildman–Crippen MR) is 265 cm³/mol. The van der Waals surface area contributed by atoms with Gasteiger partial charge >= 0.3 is 6.09 Å². The van der Waals surface area contributed by atoms with Gasteiger partial charge in [0.25, 0.3) is 29.2 Å². The van der Waals surface area contributed by atoms with Gasteiger partial charge in [-0.05, 0) is 108 Å². The molecular formula is C50H68N10O12. The van der Waals surface area contributed by atoms with Crippen LogP contribution < -0.4 is 52.9 Å². The molecule has 0 radical (unpaired) electrons. The van der Waals surface area contributed by atoms with Crippen LogP contribution in [0.2, 0.25) is 0 Å². The Morgan fingerprint density at radius 1 is 0.667 bits per heavy atom. The lowest BCUT2D eigenvalue weighted by atomic mass is 10.1. The van der Waals surface area contributed by atoms with Gasteiger partial charge in [0, 0.05) is 32.7 Å². The van der Waals surface area contributed by atoms with Crippen LogP contribution >= 0.6 is 0 Å². The van der Waals surface area contributed by atoms with Gasteiger partial charge in [-0.3, -0.25) is 33.6 Å². The zero-order chi connectivity index (χ0) is 51.7. The maximum absolute atomic E-state index is 14.3. The molecule has 2 atom stereocenters. The van der Waals surface area contributed by atoms with E-state index in [0.717, 1.165) is 31.0 Å². The molecule has 3 aromatic rings. The molecule has 4 aliphatic rings. The van der Waals surface area contributed by atoms with Crippen molar-refractivity contribution in [3.63, 3.8) is 0 Å². The van der Waals surface area contributed by atoms with Gasteiger partial charge in [0.15, 0.2) is 6.23 Å². The summed E-state index contributed by atoms with van der Waals surface area (Å²) in [4.78, 5) is 107. The van der Waals surface area contributed by atoms with Crippen molar-refractivity contribution in [3.8, 4) is 0 Å². The molecule has 5 heterocycles. The molecule has 7 rings (SSSR count). The highest BCUT2D eigenvalue weighted by Gasteiger charge is 2.35. The molecule has 4 bridgehead atoms. The average molecular weight is 1000 g/mol. The number of nitrogens with zero attached hydrogens (tertiary/aromatic N) is 2. The largest absolute Gasteiger partial charge is 0.444 e. The van der Waals surface area contributed by atoms with Crippen LogP contribution in [0.5, 0.6) is 0 Å². The van der Waals surface area contributed by atoms with Crippen molar-refractivity contribution in [1.82, 2.24) is 52.3 Å². The molecule has 2 aromatic carbocycles. The number of allylic oxidation sites excluding steroid dienone is 2.